The molecule has 6 nitrogen and oxygen atoms in total. The van der Waals surface area contributed by atoms with E-state index in [1.165, 1.54) is 11.7 Å². The van der Waals surface area contributed by atoms with Crippen molar-refractivity contribution in [3.8, 4) is 0 Å². The van der Waals surface area contributed by atoms with Crippen LogP contribution in [0.5, 0.6) is 0 Å². The summed E-state index contributed by atoms with van der Waals surface area (Å²) in [5, 5.41) is 12.4. The third-order valence-corrected chi connectivity index (χ3v) is 2.11. The molecule has 0 spiro atoms. The van der Waals surface area contributed by atoms with Gasteiger partial charge in [-0.25, -0.2) is 0 Å². The molecule has 1 aromatic rings. The van der Waals surface area contributed by atoms with Gasteiger partial charge in [0, 0.05) is 13.2 Å². The maximum Gasteiger partial charge on any atom is 0.323 e. The Kier molecular flexibility index (Phi) is 3.84. The van der Waals surface area contributed by atoms with Crippen molar-refractivity contribution < 1.29 is 14.7 Å². The lowest BCUT2D eigenvalue weighted by Gasteiger charge is -2.13. The number of carboxylic acid groups (broad SMARTS) is 1. The van der Waals surface area contributed by atoms with Crippen LogP contribution in [0.15, 0.2) is 16.9 Å². The minimum atomic E-state index is -1.03. The third kappa shape index (κ3) is 3.70. The second kappa shape index (κ2) is 4.92. The van der Waals surface area contributed by atoms with Gasteiger partial charge in [-0.05, 0) is 15.9 Å². The first-order chi connectivity index (χ1) is 6.99. The number of hydrogen-bond donors (Lipinski definition) is 1. The number of hydrogen-bond acceptors (Lipinski definition) is 3. The fourth-order valence-electron chi connectivity index (χ4n) is 0.975. The Hall–Kier alpha value is -1.37. The van der Waals surface area contributed by atoms with Crippen molar-refractivity contribution in [2.45, 2.75) is 6.54 Å². The molecule has 0 bridgehead atoms. The molecule has 0 atom stereocenters. The maximum atomic E-state index is 11.4. The van der Waals surface area contributed by atoms with E-state index in [1.54, 1.807) is 12.4 Å². The largest absolute Gasteiger partial charge is 0.480 e. The summed E-state index contributed by atoms with van der Waals surface area (Å²) in [5.74, 6) is -1.33. The van der Waals surface area contributed by atoms with Crippen LogP contribution >= 0.6 is 15.9 Å². The van der Waals surface area contributed by atoms with Crippen LogP contribution in [0.4, 0.5) is 0 Å². The topological polar surface area (TPSA) is 75.4 Å². The van der Waals surface area contributed by atoms with Crippen molar-refractivity contribution in [3.05, 3.63) is 16.9 Å². The normalized spacial score (nSPS) is 10.0. The fourth-order valence-corrected chi connectivity index (χ4v) is 1.30. The number of rotatable bonds is 4. The van der Waals surface area contributed by atoms with Crippen molar-refractivity contribution in [2.75, 3.05) is 13.6 Å². The standard InChI is InChI=1S/C8H10BrN3O3/c1-11(5-8(14)15)7(13)4-12-3-6(9)2-10-12/h2-3H,4-5H2,1H3,(H,14,15). The predicted octanol–water partition coefficient (Wildman–Crippen LogP) is 0.189. The van der Waals surface area contributed by atoms with Crippen molar-refractivity contribution in [3.63, 3.8) is 0 Å². The molecule has 0 aliphatic carbocycles. The van der Waals surface area contributed by atoms with Crippen molar-refractivity contribution in [1.82, 2.24) is 14.7 Å². The SMILES string of the molecule is CN(CC(=O)O)C(=O)Cn1cc(Br)cn1. The molecule has 1 amide bonds. The highest BCUT2D eigenvalue weighted by atomic mass is 79.9. The lowest BCUT2D eigenvalue weighted by atomic mass is 10.5. The van der Waals surface area contributed by atoms with Crippen LogP contribution in [-0.2, 0) is 16.1 Å². The molecular weight excluding hydrogens is 266 g/mol. The summed E-state index contributed by atoms with van der Waals surface area (Å²) < 4.78 is 2.21. The highest BCUT2D eigenvalue weighted by Gasteiger charge is 2.12. The van der Waals surface area contributed by atoms with Crippen LogP contribution in [0.3, 0.4) is 0 Å². The predicted molar refractivity (Wildman–Crippen MR) is 55.2 cm³/mol. The van der Waals surface area contributed by atoms with Gasteiger partial charge in [0.15, 0.2) is 0 Å². The molecule has 1 N–H and O–H groups in total. The zero-order valence-corrected chi connectivity index (χ0v) is 9.64. The van der Waals surface area contributed by atoms with Crippen molar-refractivity contribution in [1.29, 1.82) is 0 Å². The minimum Gasteiger partial charge on any atom is -0.480 e. The Bertz CT molecular complexity index is 377. The molecule has 0 aliphatic heterocycles. The van der Waals surface area contributed by atoms with Crippen LogP contribution in [0.2, 0.25) is 0 Å². The Morgan fingerprint density at radius 2 is 2.33 bits per heavy atom. The minimum absolute atomic E-state index is 0.0371. The summed E-state index contributed by atoms with van der Waals surface area (Å²) >= 11 is 3.20. The summed E-state index contributed by atoms with van der Waals surface area (Å²) in [5.41, 5.74) is 0. The van der Waals surface area contributed by atoms with Gasteiger partial charge < -0.3 is 10.0 Å². The summed E-state index contributed by atoms with van der Waals surface area (Å²) in [4.78, 5) is 22.9. The van der Waals surface area contributed by atoms with E-state index in [0.717, 1.165) is 9.37 Å². The van der Waals surface area contributed by atoms with E-state index in [2.05, 4.69) is 21.0 Å². The number of carbonyl (C=O) groups excluding carboxylic acids is 1. The molecule has 0 saturated carbocycles. The lowest BCUT2D eigenvalue weighted by Crippen LogP contribution is -2.34. The van der Waals surface area contributed by atoms with Gasteiger partial charge in [0.2, 0.25) is 5.91 Å². The summed E-state index contributed by atoms with van der Waals surface area (Å²) in [6.07, 6.45) is 3.21. The van der Waals surface area contributed by atoms with E-state index in [-0.39, 0.29) is 19.0 Å². The number of amides is 1. The second-order valence-electron chi connectivity index (χ2n) is 3.00. The van der Waals surface area contributed by atoms with Gasteiger partial charge >= 0.3 is 5.97 Å². The summed E-state index contributed by atoms with van der Waals surface area (Å²) in [7, 11) is 1.44. The Morgan fingerprint density at radius 3 is 2.80 bits per heavy atom. The molecule has 7 heteroatoms. The van der Waals surface area contributed by atoms with Crippen LogP contribution in [0.1, 0.15) is 0 Å². The number of likely N-dealkylation sites (N-methyl/N-ethyl adjacent to an activating group) is 1. The van der Waals surface area contributed by atoms with Gasteiger partial charge in [-0.1, -0.05) is 0 Å². The van der Waals surface area contributed by atoms with Gasteiger partial charge in [0.1, 0.15) is 13.1 Å². The molecule has 1 heterocycles. The third-order valence-electron chi connectivity index (χ3n) is 1.70. The highest BCUT2D eigenvalue weighted by Crippen LogP contribution is 2.06. The molecule has 0 saturated heterocycles. The molecule has 0 aliphatic rings. The summed E-state index contributed by atoms with van der Waals surface area (Å²) in [6.45, 7) is -0.267. The smallest absolute Gasteiger partial charge is 0.323 e. The molecule has 0 fully saturated rings. The van der Waals surface area contributed by atoms with E-state index in [9.17, 15) is 9.59 Å². The lowest BCUT2D eigenvalue weighted by molar-refractivity contribution is -0.143. The van der Waals surface area contributed by atoms with E-state index in [1.807, 2.05) is 0 Å². The number of carbonyl (C=O) groups is 2. The first kappa shape index (κ1) is 11.7. The summed E-state index contributed by atoms with van der Waals surface area (Å²) in [6, 6.07) is 0. The molecule has 0 radical (unpaired) electrons. The number of aromatic nitrogens is 2. The molecule has 1 aromatic heterocycles. The van der Waals surface area contributed by atoms with E-state index >= 15 is 0 Å². The second-order valence-corrected chi connectivity index (χ2v) is 3.92. The molecular formula is C8H10BrN3O3. The average molecular weight is 276 g/mol. The highest BCUT2D eigenvalue weighted by molar-refractivity contribution is 9.10. The Balaban J connectivity index is 2.52. The molecule has 15 heavy (non-hydrogen) atoms. The number of carboxylic acids is 1. The number of halogens is 1. The quantitative estimate of drug-likeness (QED) is 0.851. The monoisotopic (exact) mass is 275 g/mol. The van der Waals surface area contributed by atoms with E-state index in [0.29, 0.717) is 0 Å². The van der Waals surface area contributed by atoms with Gasteiger partial charge in [0.25, 0.3) is 0 Å². The Morgan fingerprint density at radius 1 is 1.67 bits per heavy atom. The van der Waals surface area contributed by atoms with E-state index in [4.69, 9.17) is 5.11 Å². The molecule has 82 valence electrons. The molecule has 0 aromatic carbocycles. The van der Waals surface area contributed by atoms with Gasteiger partial charge in [0.05, 0.1) is 10.7 Å². The molecule has 0 unspecified atom stereocenters. The van der Waals surface area contributed by atoms with Crippen molar-refractivity contribution in [2.24, 2.45) is 0 Å². The van der Waals surface area contributed by atoms with Crippen LogP contribution in [0.25, 0.3) is 0 Å². The van der Waals surface area contributed by atoms with Gasteiger partial charge in [-0.3, -0.25) is 14.3 Å². The first-order valence-corrected chi connectivity index (χ1v) is 4.92. The Labute approximate surface area is 94.6 Å². The fraction of sp³-hybridized carbons (Fsp3) is 0.375. The zero-order valence-electron chi connectivity index (χ0n) is 8.05. The maximum absolute atomic E-state index is 11.4. The number of aliphatic carboxylic acids is 1. The average Bonchev–Trinajstić information content (AvgIpc) is 2.50. The first-order valence-electron chi connectivity index (χ1n) is 4.12. The van der Waals surface area contributed by atoms with Crippen molar-refractivity contribution >= 4 is 27.8 Å². The van der Waals surface area contributed by atoms with Crippen LogP contribution in [0, 0.1) is 0 Å². The van der Waals surface area contributed by atoms with E-state index < -0.39 is 5.97 Å². The van der Waals surface area contributed by atoms with Crippen LogP contribution in [-0.4, -0.2) is 45.3 Å². The van der Waals surface area contributed by atoms with Gasteiger partial charge in [-0.15, -0.1) is 0 Å². The van der Waals surface area contributed by atoms with Crippen LogP contribution < -0.4 is 0 Å². The van der Waals surface area contributed by atoms with Gasteiger partial charge in [-0.2, -0.15) is 5.10 Å². The number of nitrogens with zero attached hydrogens (tertiary/aromatic N) is 3. The molecule has 1 rings (SSSR count). The zero-order chi connectivity index (χ0) is 11.4.